The van der Waals surface area contributed by atoms with Crippen molar-refractivity contribution in [2.24, 2.45) is 22.7 Å². The fraction of sp³-hybridized carbons (Fsp3) is 0.650. The Hall–Kier alpha value is -1.09. The third kappa shape index (κ3) is 2.08. The summed E-state index contributed by atoms with van der Waals surface area (Å²) in [6.07, 6.45) is 4.26. The van der Waals surface area contributed by atoms with E-state index in [0.29, 0.717) is 16.9 Å². The number of allylic oxidation sites excluding steroid dienone is 2. The third-order valence-corrected chi connectivity index (χ3v) is 7.91. The molecule has 1 N–H and O–H groups in total. The van der Waals surface area contributed by atoms with Crippen LogP contribution in [0.1, 0.15) is 73.1 Å². The zero-order valence-electron chi connectivity index (χ0n) is 14.7. The van der Waals surface area contributed by atoms with Crippen molar-refractivity contribution in [3.05, 3.63) is 26.5 Å². The molecule has 124 valence electrons. The molecule has 0 radical (unpaired) electrons. The van der Waals surface area contributed by atoms with Crippen molar-refractivity contribution >= 4 is 22.9 Å². The largest absolute Gasteiger partial charge is 0.478 e. The first-order valence-electron chi connectivity index (χ1n) is 8.71. The van der Waals surface area contributed by atoms with Gasteiger partial charge in [0.1, 0.15) is 0 Å². The molecule has 1 fully saturated rings. The Morgan fingerprint density at radius 2 is 1.96 bits per heavy atom. The fourth-order valence-electron chi connectivity index (χ4n) is 5.07. The van der Waals surface area contributed by atoms with Crippen LogP contribution in [0.2, 0.25) is 0 Å². The maximum Gasteiger partial charge on any atom is 0.337 e. The molecule has 3 heteroatoms. The van der Waals surface area contributed by atoms with E-state index in [1.54, 1.807) is 11.3 Å². The van der Waals surface area contributed by atoms with E-state index >= 15 is 0 Å². The van der Waals surface area contributed by atoms with Gasteiger partial charge in [-0.3, -0.25) is 0 Å². The zero-order chi connectivity index (χ0) is 16.7. The number of carboxylic acid groups (broad SMARTS) is 1. The number of thiophene rings is 1. The Labute approximate surface area is 142 Å². The predicted octanol–water partition coefficient (Wildman–Crippen LogP) is 5.41. The van der Waals surface area contributed by atoms with Gasteiger partial charge in [0, 0.05) is 9.75 Å². The summed E-state index contributed by atoms with van der Waals surface area (Å²) in [5.41, 5.74) is 5.16. The summed E-state index contributed by atoms with van der Waals surface area (Å²) in [5.74, 6) is 0.584. The first-order chi connectivity index (χ1) is 10.6. The van der Waals surface area contributed by atoms with Gasteiger partial charge in [0.2, 0.25) is 0 Å². The van der Waals surface area contributed by atoms with Crippen LogP contribution in [-0.2, 0) is 12.8 Å². The lowest BCUT2D eigenvalue weighted by Crippen LogP contribution is -2.22. The van der Waals surface area contributed by atoms with Crippen LogP contribution in [0.3, 0.4) is 0 Å². The van der Waals surface area contributed by atoms with Gasteiger partial charge < -0.3 is 5.11 Å². The highest BCUT2D eigenvalue weighted by atomic mass is 32.1. The maximum atomic E-state index is 12.1. The minimum absolute atomic E-state index is 0.218. The number of aryl methyl sites for hydroxylation is 1. The summed E-state index contributed by atoms with van der Waals surface area (Å²) >= 11 is 1.78. The number of rotatable bonds is 2. The molecule has 3 aliphatic rings. The Balaban J connectivity index is 1.86. The lowest BCUT2D eigenvalue weighted by molar-refractivity contribution is 0.0695. The van der Waals surface area contributed by atoms with Crippen LogP contribution in [0.4, 0.5) is 0 Å². The van der Waals surface area contributed by atoms with Crippen LogP contribution >= 0.6 is 11.3 Å². The molecule has 0 amide bonds. The fourth-order valence-corrected chi connectivity index (χ4v) is 6.55. The number of carboxylic acids is 1. The molecule has 2 unspecified atom stereocenters. The van der Waals surface area contributed by atoms with E-state index in [1.807, 2.05) is 0 Å². The van der Waals surface area contributed by atoms with Gasteiger partial charge in [0.15, 0.2) is 0 Å². The van der Waals surface area contributed by atoms with Gasteiger partial charge in [-0.05, 0) is 66.4 Å². The summed E-state index contributed by atoms with van der Waals surface area (Å²) in [7, 11) is 0. The second-order valence-corrected chi connectivity index (χ2v) is 10.3. The highest BCUT2D eigenvalue weighted by Gasteiger charge is 2.63. The van der Waals surface area contributed by atoms with Crippen LogP contribution in [0.15, 0.2) is 5.57 Å². The standard InChI is InChI=1S/C20H26O2S/c1-10-8-12-16(20(12,4)5)14(10)17-15(18(21)22)11-9-19(2,3)7-6-13(11)23-17/h12,16H,6-9H2,1-5H3,(H,21,22). The molecule has 1 heterocycles. The molecule has 4 rings (SSSR count). The van der Waals surface area contributed by atoms with Crippen LogP contribution in [-0.4, -0.2) is 11.1 Å². The van der Waals surface area contributed by atoms with Gasteiger partial charge in [0.05, 0.1) is 5.56 Å². The molecule has 0 aromatic carbocycles. The van der Waals surface area contributed by atoms with Crippen molar-refractivity contribution in [3.8, 4) is 0 Å². The number of hydrogen-bond acceptors (Lipinski definition) is 2. The second kappa shape index (κ2) is 4.50. The van der Waals surface area contributed by atoms with Gasteiger partial charge in [-0.15, -0.1) is 11.3 Å². The van der Waals surface area contributed by atoms with Crippen molar-refractivity contribution in [1.29, 1.82) is 0 Å². The summed E-state index contributed by atoms with van der Waals surface area (Å²) in [5, 5.41) is 9.94. The minimum Gasteiger partial charge on any atom is -0.478 e. The Morgan fingerprint density at radius 3 is 2.57 bits per heavy atom. The Kier molecular flexibility index (Phi) is 3.02. The summed E-state index contributed by atoms with van der Waals surface area (Å²) < 4.78 is 0. The first kappa shape index (κ1) is 15.4. The molecule has 0 bridgehead atoms. The second-order valence-electron chi connectivity index (χ2n) is 9.16. The van der Waals surface area contributed by atoms with E-state index in [4.69, 9.17) is 0 Å². The molecule has 0 aliphatic heterocycles. The molecule has 23 heavy (non-hydrogen) atoms. The molecule has 0 spiro atoms. The first-order valence-corrected chi connectivity index (χ1v) is 9.53. The average Bonchev–Trinajstić information content (AvgIpc) is 2.78. The smallest absolute Gasteiger partial charge is 0.337 e. The Morgan fingerprint density at radius 1 is 1.26 bits per heavy atom. The molecular formula is C20H26O2S. The van der Waals surface area contributed by atoms with Crippen LogP contribution in [0.25, 0.3) is 5.57 Å². The van der Waals surface area contributed by atoms with E-state index in [2.05, 4.69) is 34.6 Å². The van der Waals surface area contributed by atoms with Gasteiger partial charge in [-0.2, -0.15) is 0 Å². The zero-order valence-corrected chi connectivity index (χ0v) is 15.6. The van der Waals surface area contributed by atoms with E-state index in [1.165, 1.54) is 16.0 Å². The summed E-state index contributed by atoms with van der Waals surface area (Å²) in [6.45, 7) is 11.4. The quantitative estimate of drug-likeness (QED) is 0.787. The lowest BCUT2D eigenvalue weighted by Gasteiger charge is -2.29. The minimum atomic E-state index is -0.725. The maximum absolute atomic E-state index is 12.1. The normalized spacial score (nSPS) is 30.1. The van der Waals surface area contributed by atoms with Gasteiger partial charge in [-0.25, -0.2) is 4.79 Å². The van der Waals surface area contributed by atoms with Crippen LogP contribution in [0, 0.1) is 22.7 Å². The highest BCUT2D eigenvalue weighted by molar-refractivity contribution is 7.13. The molecular weight excluding hydrogens is 304 g/mol. The van der Waals surface area contributed by atoms with Gasteiger partial charge >= 0.3 is 5.97 Å². The van der Waals surface area contributed by atoms with Crippen LogP contribution in [0.5, 0.6) is 0 Å². The molecule has 1 aromatic rings. The molecule has 1 aromatic heterocycles. The highest BCUT2D eigenvalue weighted by Crippen LogP contribution is 2.71. The van der Waals surface area contributed by atoms with E-state index in [9.17, 15) is 9.90 Å². The molecule has 1 saturated carbocycles. The average molecular weight is 330 g/mol. The van der Waals surface area contributed by atoms with Crippen molar-refractivity contribution in [2.75, 3.05) is 0 Å². The van der Waals surface area contributed by atoms with Gasteiger partial charge in [0.25, 0.3) is 0 Å². The molecule has 3 aliphatic carbocycles. The van der Waals surface area contributed by atoms with Gasteiger partial charge in [-0.1, -0.05) is 33.3 Å². The number of fused-ring (bicyclic) bond motifs is 2. The third-order valence-electron chi connectivity index (χ3n) is 6.58. The summed E-state index contributed by atoms with van der Waals surface area (Å²) in [4.78, 5) is 14.5. The number of aromatic carboxylic acids is 1. The topological polar surface area (TPSA) is 37.3 Å². The van der Waals surface area contributed by atoms with Crippen molar-refractivity contribution in [3.63, 3.8) is 0 Å². The molecule has 2 nitrogen and oxygen atoms in total. The Bertz CT molecular complexity index is 748. The van der Waals surface area contributed by atoms with Crippen molar-refractivity contribution in [1.82, 2.24) is 0 Å². The van der Waals surface area contributed by atoms with Crippen molar-refractivity contribution < 1.29 is 9.90 Å². The molecule has 2 atom stereocenters. The number of hydrogen-bond donors (Lipinski definition) is 1. The number of carbonyl (C=O) groups is 1. The lowest BCUT2D eigenvalue weighted by atomic mass is 9.75. The van der Waals surface area contributed by atoms with E-state index < -0.39 is 5.97 Å². The SMILES string of the molecule is CC1=C(c2sc3c(c2C(=O)O)CC(C)(C)CC3)C2C(C1)C2(C)C. The predicted molar refractivity (Wildman–Crippen MR) is 95.1 cm³/mol. The van der Waals surface area contributed by atoms with E-state index in [0.717, 1.165) is 42.0 Å². The summed E-state index contributed by atoms with van der Waals surface area (Å²) in [6, 6.07) is 0. The van der Waals surface area contributed by atoms with E-state index in [-0.39, 0.29) is 5.41 Å². The van der Waals surface area contributed by atoms with Crippen LogP contribution < -0.4 is 0 Å². The monoisotopic (exact) mass is 330 g/mol. The molecule has 0 saturated heterocycles. The van der Waals surface area contributed by atoms with Crippen molar-refractivity contribution in [2.45, 2.75) is 60.3 Å².